The molecule has 17 heavy (non-hydrogen) atoms. The molecule has 0 bridgehead atoms. The summed E-state index contributed by atoms with van der Waals surface area (Å²) < 4.78 is 0. The van der Waals surface area contributed by atoms with Gasteiger partial charge in [-0.2, -0.15) is 0 Å². The molecule has 1 aromatic heterocycles. The van der Waals surface area contributed by atoms with Crippen LogP contribution in [-0.4, -0.2) is 4.98 Å². The number of pyridine rings is 1. The van der Waals surface area contributed by atoms with E-state index in [9.17, 15) is 0 Å². The zero-order chi connectivity index (χ0) is 12.6. The molecule has 0 aliphatic rings. The van der Waals surface area contributed by atoms with Crippen molar-refractivity contribution in [2.75, 3.05) is 5.73 Å². The molecule has 0 aliphatic heterocycles. The molecule has 0 radical (unpaired) electrons. The van der Waals surface area contributed by atoms with E-state index in [2.05, 4.69) is 37.5 Å². The Hall–Kier alpha value is -1.48. The van der Waals surface area contributed by atoms with E-state index in [1.54, 1.807) is 0 Å². The standard InChI is InChI=1S/C14H16N2S/c1-8-6-13(16-10(3)9(8)2)11-4-5-12(15)14(17)7-11/h4-7,17H,15H2,1-3H3. The zero-order valence-corrected chi connectivity index (χ0v) is 11.2. The minimum absolute atomic E-state index is 0.692. The lowest BCUT2D eigenvalue weighted by Gasteiger charge is -2.09. The lowest BCUT2D eigenvalue weighted by molar-refractivity contribution is 1.12. The van der Waals surface area contributed by atoms with Gasteiger partial charge >= 0.3 is 0 Å². The highest BCUT2D eigenvalue weighted by Crippen LogP contribution is 2.26. The van der Waals surface area contributed by atoms with Crippen LogP contribution in [0.1, 0.15) is 16.8 Å². The quantitative estimate of drug-likeness (QED) is 0.595. The van der Waals surface area contributed by atoms with Crippen LogP contribution in [0.3, 0.4) is 0 Å². The number of rotatable bonds is 1. The summed E-state index contributed by atoms with van der Waals surface area (Å²) in [7, 11) is 0. The van der Waals surface area contributed by atoms with Gasteiger partial charge in [0, 0.05) is 21.8 Å². The first-order valence-corrected chi connectivity index (χ1v) is 5.97. The Kier molecular flexibility index (Phi) is 3.11. The Bertz CT molecular complexity index is 553. The fourth-order valence-corrected chi connectivity index (χ4v) is 1.96. The topological polar surface area (TPSA) is 38.9 Å². The van der Waals surface area contributed by atoms with Crippen molar-refractivity contribution in [1.82, 2.24) is 4.98 Å². The highest BCUT2D eigenvalue weighted by Gasteiger charge is 2.06. The molecule has 3 heteroatoms. The highest BCUT2D eigenvalue weighted by atomic mass is 32.1. The number of anilines is 1. The SMILES string of the molecule is Cc1cc(-c2ccc(N)c(S)c2)nc(C)c1C. The average Bonchev–Trinajstić information content (AvgIpc) is 2.29. The van der Waals surface area contributed by atoms with Crippen molar-refractivity contribution >= 4 is 18.3 Å². The summed E-state index contributed by atoms with van der Waals surface area (Å²) in [5.41, 5.74) is 12.0. The summed E-state index contributed by atoms with van der Waals surface area (Å²) in [5.74, 6) is 0. The molecular formula is C14H16N2S. The lowest BCUT2D eigenvalue weighted by atomic mass is 10.0. The first-order chi connectivity index (χ1) is 7.99. The van der Waals surface area contributed by atoms with Crippen LogP contribution >= 0.6 is 12.6 Å². The number of aromatic nitrogens is 1. The third-order valence-corrected chi connectivity index (χ3v) is 3.49. The molecule has 1 heterocycles. The van der Waals surface area contributed by atoms with E-state index in [4.69, 9.17) is 5.73 Å². The van der Waals surface area contributed by atoms with Crippen LogP contribution in [0, 0.1) is 20.8 Å². The van der Waals surface area contributed by atoms with Crippen molar-refractivity contribution in [2.24, 2.45) is 0 Å². The molecule has 0 spiro atoms. The van der Waals surface area contributed by atoms with Gasteiger partial charge < -0.3 is 5.73 Å². The van der Waals surface area contributed by atoms with Crippen molar-refractivity contribution in [2.45, 2.75) is 25.7 Å². The van der Waals surface area contributed by atoms with E-state index < -0.39 is 0 Å². The molecule has 0 saturated heterocycles. The van der Waals surface area contributed by atoms with Crippen LogP contribution in [-0.2, 0) is 0 Å². The predicted molar refractivity (Wildman–Crippen MR) is 75.5 cm³/mol. The van der Waals surface area contributed by atoms with Crippen LogP contribution in [0.2, 0.25) is 0 Å². The first-order valence-electron chi connectivity index (χ1n) is 5.52. The van der Waals surface area contributed by atoms with Gasteiger partial charge in [-0.25, -0.2) is 0 Å². The van der Waals surface area contributed by atoms with Crippen molar-refractivity contribution in [3.8, 4) is 11.3 Å². The van der Waals surface area contributed by atoms with Gasteiger partial charge in [0.05, 0.1) is 5.69 Å². The second-order valence-electron chi connectivity index (χ2n) is 4.31. The van der Waals surface area contributed by atoms with Crippen LogP contribution in [0.15, 0.2) is 29.2 Å². The maximum Gasteiger partial charge on any atom is 0.0708 e. The molecule has 0 atom stereocenters. The monoisotopic (exact) mass is 244 g/mol. The Morgan fingerprint density at radius 1 is 1.12 bits per heavy atom. The van der Waals surface area contributed by atoms with Crippen LogP contribution in [0.4, 0.5) is 5.69 Å². The first kappa shape index (κ1) is 12.0. The molecule has 2 N–H and O–H groups in total. The molecule has 0 unspecified atom stereocenters. The van der Waals surface area contributed by atoms with Gasteiger partial charge in [0.15, 0.2) is 0 Å². The lowest BCUT2D eigenvalue weighted by Crippen LogP contribution is -1.95. The number of nitrogens with two attached hydrogens (primary N) is 1. The summed E-state index contributed by atoms with van der Waals surface area (Å²) in [6.45, 7) is 6.23. The van der Waals surface area contributed by atoms with Gasteiger partial charge in [0.1, 0.15) is 0 Å². The van der Waals surface area contributed by atoms with Gasteiger partial charge in [0.2, 0.25) is 0 Å². The second-order valence-corrected chi connectivity index (χ2v) is 4.79. The Labute approximate surface area is 107 Å². The van der Waals surface area contributed by atoms with Gasteiger partial charge in [-0.3, -0.25) is 4.98 Å². The minimum Gasteiger partial charge on any atom is -0.398 e. The summed E-state index contributed by atoms with van der Waals surface area (Å²) in [6, 6.07) is 7.89. The Morgan fingerprint density at radius 2 is 1.82 bits per heavy atom. The van der Waals surface area contributed by atoms with Crippen molar-refractivity contribution in [3.63, 3.8) is 0 Å². The number of aryl methyl sites for hydroxylation is 2. The van der Waals surface area contributed by atoms with Gasteiger partial charge in [-0.15, -0.1) is 12.6 Å². The molecule has 88 valence electrons. The van der Waals surface area contributed by atoms with Crippen LogP contribution in [0.5, 0.6) is 0 Å². The maximum atomic E-state index is 5.75. The van der Waals surface area contributed by atoms with Gasteiger partial charge in [-0.05, 0) is 50.1 Å². The summed E-state index contributed by atoms with van der Waals surface area (Å²) in [5, 5.41) is 0. The predicted octanol–water partition coefficient (Wildman–Crippen LogP) is 3.54. The number of nitrogens with zero attached hydrogens (tertiary/aromatic N) is 1. The van der Waals surface area contributed by atoms with Gasteiger partial charge in [-0.1, -0.05) is 6.07 Å². The van der Waals surface area contributed by atoms with Crippen LogP contribution < -0.4 is 5.73 Å². The number of hydrogen-bond donors (Lipinski definition) is 2. The second kappa shape index (κ2) is 4.41. The smallest absolute Gasteiger partial charge is 0.0708 e. The fourth-order valence-electron chi connectivity index (χ4n) is 1.75. The van der Waals surface area contributed by atoms with Crippen LogP contribution in [0.25, 0.3) is 11.3 Å². The molecule has 0 fully saturated rings. The minimum atomic E-state index is 0.692. The van der Waals surface area contributed by atoms with Crippen molar-refractivity contribution in [1.29, 1.82) is 0 Å². The normalized spacial score (nSPS) is 10.6. The van der Waals surface area contributed by atoms with E-state index >= 15 is 0 Å². The highest BCUT2D eigenvalue weighted by molar-refractivity contribution is 7.80. The molecule has 0 aliphatic carbocycles. The zero-order valence-electron chi connectivity index (χ0n) is 10.3. The molecule has 2 aromatic rings. The number of benzene rings is 1. The van der Waals surface area contributed by atoms with E-state index in [0.717, 1.165) is 21.8 Å². The van der Waals surface area contributed by atoms with E-state index in [0.29, 0.717) is 5.69 Å². The third kappa shape index (κ3) is 2.29. The van der Waals surface area contributed by atoms with E-state index in [1.165, 1.54) is 11.1 Å². The molecule has 0 amide bonds. The van der Waals surface area contributed by atoms with E-state index in [1.807, 2.05) is 25.1 Å². The van der Waals surface area contributed by atoms with Crippen molar-refractivity contribution in [3.05, 3.63) is 41.1 Å². The summed E-state index contributed by atoms with van der Waals surface area (Å²) in [6.07, 6.45) is 0. The molecule has 0 saturated carbocycles. The Balaban J connectivity index is 2.57. The van der Waals surface area contributed by atoms with Crippen molar-refractivity contribution < 1.29 is 0 Å². The maximum absolute atomic E-state index is 5.75. The number of thiol groups is 1. The molecule has 1 aromatic carbocycles. The molecular weight excluding hydrogens is 228 g/mol. The molecule has 2 rings (SSSR count). The van der Waals surface area contributed by atoms with E-state index in [-0.39, 0.29) is 0 Å². The number of nitrogen functional groups attached to an aromatic ring is 1. The average molecular weight is 244 g/mol. The number of hydrogen-bond acceptors (Lipinski definition) is 3. The largest absolute Gasteiger partial charge is 0.398 e. The summed E-state index contributed by atoms with van der Waals surface area (Å²) in [4.78, 5) is 5.39. The fraction of sp³-hybridized carbons (Fsp3) is 0.214. The third-order valence-electron chi connectivity index (χ3n) is 3.10. The molecule has 2 nitrogen and oxygen atoms in total. The Morgan fingerprint density at radius 3 is 2.41 bits per heavy atom. The summed E-state index contributed by atoms with van der Waals surface area (Å²) >= 11 is 4.34. The van der Waals surface area contributed by atoms with Gasteiger partial charge in [0.25, 0.3) is 0 Å².